The van der Waals surface area contributed by atoms with E-state index < -0.39 is 6.10 Å². The number of halogens is 2. The van der Waals surface area contributed by atoms with Crippen molar-refractivity contribution >= 4 is 17.6 Å². The predicted molar refractivity (Wildman–Crippen MR) is 77.4 cm³/mol. The van der Waals surface area contributed by atoms with E-state index in [1.807, 2.05) is 6.92 Å². The second-order valence-corrected chi connectivity index (χ2v) is 4.94. The Labute approximate surface area is 123 Å². The highest BCUT2D eigenvalue weighted by molar-refractivity contribution is 6.31. The summed E-state index contributed by atoms with van der Waals surface area (Å²) in [5.74, 6) is -0.377. The number of hydrogen-bond acceptors (Lipinski definition) is 2. The Bertz CT molecular complexity index is 423. The highest BCUT2D eigenvalue weighted by Gasteiger charge is 2.08. The lowest BCUT2D eigenvalue weighted by atomic mass is 10.1. The number of rotatable bonds is 7. The van der Waals surface area contributed by atoms with Gasteiger partial charge in [-0.15, -0.1) is 0 Å². The monoisotopic (exact) mass is 302 g/mol. The number of hydrogen-bond donors (Lipinski definition) is 3. The second-order valence-electron chi connectivity index (χ2n) is 4.53. The van der Waals surface area contributed by atoms with Gasteiger partial charge in [0.15, 0.2) is 0 Å². The molecule has 0 radical (unpaired) electrons. The van der Waals surface area contributed by atoms with Gasteiger partial charge in [-0.3, -0.25) is 0 Å². The molecule has 0 fully saturated rings. The Morgan fingerprint density at radius 2 is 2.20 bits per heavy atom. The first-order chi connectivity index (χ1) is 9.54. The van der Waals surface area contributed by atoms with Crippen molar-refractivity contribution in [1.29, 1.82) is 0 Å². The van der Waals surface area contributed by atoms with E-state index in [1.54, 1.807) is 6.07 Å². The fourth-order valence-corrected chi connectivity index (χ4v) is 2.04. The van der Waals surface area contributed by atoms with Gasteiger partial charge in [-0.1, -0.05) is 31.0 Å². The standard InChI is InChI=1S/C14H20ClFN2O2/c1-2-4-10(19)9-18-14(20)17-8-7-11-12(15)5-3-6-13(11)16/h3,5-6,10,19H,2,4,7-9H2,1H3,(H2,17,18,20). The molecular formula is C14H20ClFN2O2. The number of carbonyl (C=O) groups excluding carboxylic acids is 1. The molecule has 1 unspecified atom stereocenters. The average Bonchev–Trinajstić information content (AvgIpc) is 2.40. The van der Waals surface area contributed by atoms with E-state index in [0.29, 0.717) is 23.4 Å². The molecule has 1 atom stereocenters. The van der Waals surface area contributed by atoms with Crippen LogP contribution in [0.25, 0.3) is 0 Å². The maximum Gasteiger partial charge on any atom is 0.314 e. The van der Waals surface area contributed by atoms with Crippen molar-refractivity contribution in [3.63, 3.8) is 0 Å². The van der Waals surface area contributed by atoms with Crippen LogP contribution in [0.2, 0.25) is 5.02 Å². The van der Waals surface area contributed by atoms with Crippen LogP contribution < -0.4 is 10.6 Å². The molecular weight excluding hydrogens is 283 g/mol. The molecule has 1 aromatic carbocycles. The normalized spacial score (nSPS) is 12.0. The molecule has 0 aromatic heterocycles. The lowest BCUT2D eigenvalue weighted by molar-refractivity contribution is 0.160. The molecule has 3 N–H and O–H groups in total. The summed E-state index contributed by atoms with van der Waals surface area (Å²) in [7, 11) is 0. The van der Waals surface area contributed by atoms with Crippen molar-refractivity contribution in [1.82, 2.24) is 10.6 Å². The Morgan fingerprint density at radius 1 is 1.45 bits per heavy atom. The summed E-state index contributed by atoms with van der Waals surface area (Å²) in [6.45, 7) is 2.44. The first kappa shape index (κ1) is 16.7. The first-order valence-electron chi connectivity index (χ1n) is 6.67. The van der Waals surface area contributed by atoms with Gasteiger partial charge in [-0.2, -0.15) is 0 Å². The molecule has 0 aliphatic carbocycles. The lowest BCUT2D eigenvalue weighted by Gasteiger charge is -2.12. The van der Waals surface area contributed by atoms with E-state index in [0.717, 1.165) is 6.42 Å². The smallest absolute Gasteiger partial charge is 0.314 e. The van der Waals surface area contributed by atoms with Crippen LogP contribution in [0, 0.1) is 5.82 Å². The molecule has 6 heteroatoms. The average molecular weight is 303 g/mol. The number of amides is 2. The highest BCUT2D eigenvalue weighted by atomic mass is 35.5. The van der Waals surface area contributed by atoms with Gasteiger partial charge in [0.05, 0.1) is 6.10 Å². The third kappa shape index (κ3) is 5.75. The van der Waals surface area contributed by atoms with Crippen LogP contribution in [0.3, 0.4) is 0 Å². The minimum absolute atomic E-state index is 0.208. The van der Waals surface area contributed by atoms with Crippen LogP contribution in [0.4, 0.5) is 9.18 Å². The van der Waals surface area contributed by atoms with E-state index in [4.69, 9.17) is 11.6 Å². The zero-order valence-electron chi connectivity index (χ0n) is 11.5. The second kappa shape index (κ2) is 8.76. The molecule has 2 amide bonds. The fourth-order valence-electron chi connectivity index (χ4n) is 1.78. The van der Waals surface area contributed by atoms with Crippen molar-refractivity contribution in [3.05, 3.63) is 34.6 Å². The maximum atomic E-state index is 13.5. The minimum Gasteiger partial charge on any atom is -0.391 e. The summed E-state index contributed by atoms with van der Waals surface area (Å²) >= 11 is 5.88. The highest BCUT2D eigenvalue weighted by Crippen LogP contribution is 2.18. The van der Waals surface area contributed by atoms with Gasteiger partial charge in [0.1, 0.15) is 5.82 Å². The SMILES string of the molecule is CCCC(O)CNC(=O)NCCc1c(F)cccc1Cl. The van der Waals surface area contributed by atoms with Gasteiger partial charge in [0.25, 0.3) is 0 Å². The number of aliphatic hydroxyl groups is 1. The number of aliphatic hydroxyl groups excluding tert-OH is 1. The third-order valence-electron chi connectivity index (χ3n) is 2.84. The summed E-state index contributed by atoms with van der Waals surface area (Å²) < 4.78 is 13.5. The van der Waals surface area contributed by atoms with Crippen LogP contribution in [0.5, 0.6) is 0 Å². The van der Waals surface area contributed by atoms with Gasteiger partial charge < -0.3 is 15.7 Å². The van der Waals surface area contributed by atoms with E-state index >= 15 is 0 Å². The van der Waals surface area contributed by atoms with Crippen molar-refractivity contribution in [2.75, 3.05) is 13.1 Å². The summed E-state index contributed by atoms with van der Waals surface area (Å²) in [6.07, 6.45) is 1.28. The third-order valence-corrected chi connectivity index (χ3v) is 3.20. The van der Waals surface area contributed by atoms with E-state index in [1.165, 1.54) is 12.1 Å². The fraction of sp³-hybridized carbons (Fsp3) is 0.500. The largest absolute Gasteiger partial charge is 0.391 e. The molecule has 112 valence electrons. The molecule has 20 heavy (non-hydrogen) atoms. The van der Waals surface area contributed by atoms with Crippen LogP contribution in [-0.2, 0) is 6.42 Å². The number of urea groups is 1. The summed E-state index contributed by atoms with van der Waals surface area (Å²) in [5.41, 5.74) is 0.389. The van der Waals surface area contributed by atoms with Crippen molar-refractivity contribution < 1.29 is 14.3 Å². The molecule has 1 rings (SSSR count). The number of benzene rings is 1. The Balaban J connectivity index is 2.28. The molecule has 0 bridgehead atoms. The van der Waals surface area contributed by atoms with Gasteiger partial charge in [0.2, 0.25) is 0 Å². The molecule has 0 saturated heterocycles. The van der Waals surface area contributed by atoms with E-state index in [-0.39, 0.29) is 24.9 Å². The minimum atomic E-state index is -0.535. The van der Waals surface area contributed by atoms with Crippen LogP contribution in [0.15, 0.2) is 18.2 Å². The summed E-state index contributed by atoms with van der Waals surface area (Å²) in [5, 5.41) is 15.0. The first-order valence-corrected chi connectivity index (χ1v) is 7.05. The number of carbonyl (C=O) groups is 1. The molecule has 1 aromatic rings. The van der Waals surface area contributed by atoms with Crippen LogP contribution in [-0.4, -0.2) is 30.3 Å². The van der Waals surface area contributed by atoms with Crippen molar-refractivity contribution in [3.8, 4) is 0 Å². The zero-order chi connectivity index (χ0) is 15.0. The molecule has 0 saturated carbocycles. The zero-order valence-corrected chi connectivity index (χ0v) is 12.2. The molecule has 0 aliphatic rings. The summed E-state index contributed by atoms with van der Waals surface area (Å²) in [4.78, 5) is 11.5. The van der Waals surface area contributed by atoms with Crippen molar-refractivity contribution in [2.24, 2.45) is 0 Å². The van der Waals surface area contributed by atoms with Crippen molar-refractivity contribution in [2.45, 2.75) is 32.3 Å². The van der Waals surface area contributed by atoms with Crippen LogP contribution in [0.1, 0.15) is 25.3 Å². The van der Waals surface area contributed by atoms with Gasteiger partial charge >= 0.3 is 6.03 Å². The Kier molecular flexibility index (Phi) is 7.33. The quantitative estimate of drug-likeness (QED) is 0.724. The van der Waals surface area contributed by atoms with E-state index in [2.05, 4.69) is 10.6 Å². The maximum absolute atomic E-state index is 13.5. The van der Waals surface area contributed by atoms with Crippen LogP contribution >= 0.6 is 11.6 Å². The number of nitrogens with one attached hydrogen (secondary N) is 2. The topological polar surface area (TPSA) is 61.4 Å². The molecule has 0 aliphatic heterocycles. The van der Waals surface area contributed by atoms with Gasteiger partial charge in [-0.25, -0.2) is 9.18 Å². The molecule has 0 heterocycles. The summed E-state index contributed by atoms with van der Waals surface area (Å²) in [6, 6.07) is 4.10. The van der Waals surface area contributed by atoms with E-state index in [9.17, 15) is 14.3 Å². The predicted octanol–water partition coefficient (Wildman–Crippen LogP) is 2.48. The molecule has 4 nitrogen and oxygen atoms in total. The molecule has 0 spiro atoms. The lowest BCUT2D eigenvalue weighted by Crippen LogP contribution is -2.40. The van der Waals surface area contributed by atoms with Gasteiger partial charge in [-0.05, 0) is 25.0 Å². The van der Waals surface area contributed by atoms with Gasteiger partial charge in [0, 0.05) is 23.7 Å². The Hall–Kier alpha value is -1.33. The Morgan fingerprint density at radius 3 is 2.85 bits per heavy atom.